The third-order valence-corrected chi connectivity index (χ3v) is 4.22. The third-order valence-electron chi connectivity index (χ3n) is 4.22. The number of carboxylic acid groups (broad SMARTS) is 1. The van der Waals surface area contributed by atoms with Crippen LogP contribution in [0.2, 0.25) is 0 Å². The molecule has 0 spiro atoms. The summed E-state index contributed by atoms with van der Waals surface area (Å²) in [7, 11) is 0. The molecule has 0 atom stereocenters. The number of anilines is 1. The van der Waals surface area contributed by atoms with Gasteiger partial charge in [0.1, 0.15) is 0 Å². The van der Waals surface area contributed by atoms with Gasteiger partial charge in [0, 0.05) is 31.6 Å². The van der Waals surface area contributed by atoms with Gasteiger partial charge in [0.2, 0.25) is 5.91 Å². The number of carbonyl (C=O) groups excluding carboxylic acids is 1. The highest BCUT2D eigenvalue weighted by molar-refractivity contribution is 5.85. The molecule has 0 aliphatic carbocycles. The highest BCUT2D eigenvalue weighted by Gasteiger charge is 2.32. The smallest absolute Gasteiger partial charge is 0.356 e. The van der Waals surface area contributed by atoms with Crippen LogP contribution in [-0.4, -0.2) is 58.3 Å². The van der Waals surface area contributed by atoms with Gasteiger partial charge in [-0.25, -0.2) is 4.79 Å². The number of piperazine rings is 1. The first-order valence-electron chi connectivity index (χ1n) is 7.46. The molecule has 1 aromatic heterocycles. The standard InChI is InChI=1S/C15H22N4O3/c1-4-15(2,3)14(22)19-9-7-18(8-10-19)12-6-5-11(13(20)21)16-17-12/h5-6H,4,7-10H2,1-3H3,(H,20,21). The molecule has 0 radical (unpaired) electrons. The monoisotopic (exact) mass is 306 g/mol. The van der Waals surface area contributed by atoms with Crippen LogP contribution in [0.25, 0.3) is 0 Å². The minimum Gasteiger partial charge on any atom is -0.476 e. The first-order valence-corrected chi connectivity index (χ1v) is 7.46. The first-order chi connectivity index (χ1) is 10.3. The number of hydrogen-bond donors (Lipinski definition) is 1. The number of rotatable bonds is 4. The summed E-state index contributed by atoms with van der Waals surface area (Å²) in [4.78, 5) is 27.1. The maximum absolute atomic E-state index is 12.4. The van der Waals surface area contributed by atoms with E-state index in [4.69, 9.17) is 5.11 Å². The normalized spacial score (nSPS) is 15.8. The fraction of sp³-hybridized carbons (Fsp3) is 0.600. The van der Waals surface area contributed by atoms with Gasteiger partial charge >= 0.3 is 5.97 Å². The lowest BCUT2D eigenvalue weighted by Crippen LogP contribution is -2.52. The van der Waals surface area contributed by atoms with Crippen molar-refractivity contribution in [2.24, 2.45) is 5.41 Å². The van der Waals surface area contributed by atoms with Gasteiger partial charge in [-0.15, -0.1) is 10.2 Å². The van der Waals surface area contributed by atoms with Crippen LogP contribution in [0.4, 0.5) is 5.82 Å². The molecule has 2 rings (SSSR count). The van der Waals surface area contributed by atoms with E-state index in [9.17, 15) is 9.59 Å². The SMILES string of the molecule is CCC(C)(C)C(=O)N1CCN(c2ccc(C(=O)O)nn2)CC1. The molecule has 7 nitrogen and oxygen atoms in total. The number of aromatic nitrogens is 2. The molecule has 120 valence electrons. The Bertz CT molecular complexity index is 548. The van der Waals surface area contributed by atoms with Crippen LogP contribution in [0.15, 0.2) is 12.1 Å². The van der Waals surface area contributed by atoms with Crippen LogP contribution in [-0.2, 0) is 4.79 Å². The van der Waals surface area contributed by atoms with Gasteiger partial charge in [0.15, 0.2) is 11.5 Å². The van der Waals surface area contributed by atoms with E-state index in [1.165, 1.54) is 6.07 Å². The lowest BCUT2D eigenvalue weighted by molar-refractivity contribution is -0.140. The van der Waals surface area contributed by atoms with Crippen molar-refractivity contribution in [2.75, 3.05) is 31.1 Å². The van der Waals surface area contributed by atoms with Gasteiger partial charge in [-0.1, -0.05) is 20.8 Å². The first kappa shape index (κ1) is 16.2. The zero-order chi connectivity index (χ0) is 16.3. The summed E-state index contributed by atoms with van der Waals surface area (Å²) in [6.07, 6.45) is 0.814. The average molecular weight is 306 g/mol. The molecule has 0 aromatic carbocycles. The van der Waals surface area contributed by atoms with E-state index in [-0.39, 0.29) is 17.0 Å². The number of carboxylic acids is 1. The summed E-state index contributed by atoms with van der Waals surface area (Å²) < 4.78 is 0. The van der Waals surface area contributed by atoms with Gasteiger partial charge in [-0.05, 0) is 18.6 Å². The van der Waals surface area contributed by atoms with Crippen LogP contribution in [0.5, 0.6) is 0 Å². The topological polar surface area (TPSA) is 86.6 Å². The molecular weight excluding hydrogens is 284 g/mol. The second-order valence-corrected chi connectivity index (χ2v) is 6.10. The van der Waals surface area contributed by atoms with E-state index in [1.807, 2.05) is 30.6 Å². The van der Waals surface area contributed by atoms with Crippen LogP contribution >= 0.6 is 0 Å². The molecule has 0 bridgehead atoms. The maximum Gasteiger partial charge on any atom is 0.356 e. The van der Waals surface area contributed by atoms with Crippen molar-refractivity contribution < 1.29 is 14.7 Å². The van der Waals surface area contributed by atoms with Crippen molar-refractivity contribution in [2.45, 2.75) is 27.2 Å². The van der Waals surface area contributed by atoms with Crippen molar-refractivity contribution in [1.29, 1.82) is 0 Å². The molecule has 0 saturated carbocycles. The van der Waals surface area contributed by atoms with Gasteiger partial charge in [0.05, 0.1) is 0 Å². The minimum atomic E-state index is -1.09. The summed E-state index contributed by atoms with van der Waals surface area (Å²) in [5.74, 6) is -0.259. The number of amides is 1. The van der Waals surface area contributed by atoms with E-state index in [1.54, 1.807) is 6.07 Å². The van der Waals surface area contributed by atoms with Crippen LogP contribution in [0.3, 0.4) is 0 Å². The fourth-order valence-corrected chi connectivity index (χ4v) is 2.33. The zero-order valence-electron chi connectivity index (χ0n) is 13.2. The summed E-state index contributed by atoms with van der Waals surface area (Å²) in [5, 5.41) is 16.5. The molecule has 0 unspecified atom stereocenters. The number of carbonyl (C=O) groups is 2. The Hall–Kier alpha value is -2.18. The number of nitrogens with zero attached hydrogens (tertiary/aromatic N) is 4. The molecule has 1 aliphatic heterocycles. The molecule has 1 aromatic rings. The fourth-order valence-electron chi connectivity index (χ4n) is 2.33. The molecule has 1 N–H and O–H groups in total. The van der Waals surface area contributed by atoms with Gasteiger partial charge in [0.25, 0.3) is 0 Å². The van der Waals surface area contributed by atoms with E-state index < -0.39 is 5.97 Å². The summed E-state index contributed by atoms with van der Waals surface area (Å²) in [6, 6.07) is 3.10. The highest BCUT2D eigenvalue weighted by atomic mass is 16.4. The quantitative estimate of drug-likeness (QED) is 0.901. The van der Waals surface area contributed by atoms with E-state index in [0.29, 0.717) is 32.0 Å². The second kappa shape index (κ2) is 6.29. The predicted octanol–water partition coefficient (Wildman–Crippen LogP) is 1.26. The molecule has 1 aliphatic rings. The highest BCUT2D eigenvalue weighted by Crippen LogP contribution is 2.24. The van der Waals surface area contributed by atoms with Crippen LogP contribution in [0.1, 0.15) is 37.7 Å². The van der Waals surface area contributed by atoms with Gasteiger partial charge < -0.3 is 14.9 Å². The molecule has 1 amide bonds. The van der Waals surface area contributed by atoms with Crippen molar-refractivity contribution in [1.82, 2.24) is 15.1 Å². The van der Waals surface area contributed by atoms with Crippen molar-refractivity contribution >= 4 is 17.7 Å². The molecule has 22 heavy (non-hydrogen) atoms. The van der Waals surface area contributed by atoms with Gasteiger partial charge in [-0.3, -0.25) is 4.79 Å². The Labute approximate surface area is 129 Å². The summed E-state index contributed by atoms with van der Waals surface area (Å²) in [6.45, 7) is 8.60. The lowest BCUT2D eigenvalue weighted by Gasteiger charge is -2.38. The Morgan fingerprint density at radius 3 is 2.27 bits per heavy atom. The number of hydrogen-bond acceptors (Lipinski definition) is 5. The average Bonchev–Trinajstić information content (AvgIpc) is 2.54. The van der Waals surface area contributed by atoms with E-state index >= 15 is 0 Å². The maximum atomic E-state index is 12.4. The third kappa shape index (κ3) is 3.35. The second-order valence-electron chi connectivity index (χ2n) is 6.10. The Morgan fingerprint density at radius 1 is 1.18 bits per heavy atom. The van der Waals surface area contributed by atoms with Gasteiger partial charge in [-0.2, -0.15) is 0 Å². The van der Waals surface area contributed by atoms with Crippen molar-refractivity contribution in [3.63, 3.8) is 0 Å². The number of aromatic carboxylic acids is 1. The predicted molar refractivity (Wildman–Crippen MR) is 81.9 cm³/mol. The Kier molecular flexibility index (Phi) is 4.63. The van der Waals surface area contributed by atoms with Crippen LogP contribution < -0.4 is 4.90 Å². The largest absolute Gasteiger partial charge is 0.476 e. The minimum absolute atomic E-state index is 0.0674. The zero-order valence-corrected chi connectivity index (χ0v) is 13.2. The molecule has 1 fully saturated rings. The lowest BCUT2D eigenvalue weighted by atomic mass is 9.88. The molecule has 7 heteroatoms. The van der Waals surface area contributed by atoms with E-state index in [0.717, 1.165) is 6.42 Å². The Balaban J connectivity index is 1.97. The van der Waals surface area contributed by atoms with Crippen molar-refractivity contribution in [3.05, 3.63) is 17.8 Å². The summed E-state index contributed by atoms with van der Waals surface area (Å²) in [5.41, 5.74) is -0.396. The molecular formula is C15H22N4O3. The molecule has 1 saturated heterocycles. The van der Waals surface area contributed by atoms with Crippen LogP contribution in [0, 0.1) is 5.41 Å². The Morgan fingerprint density at radius 2 is 1.82 bits per heavy atom. The summed E-state index contributed by atoms with van der Waals surface area (Å²) >= 11 is 0. The van der Waals surface area contributed by atoms with E-state index in [2.05, 4.69) is 10.2 Å². The van der Waals surface area contributed by atoms with Crippen molar-refractivity contribution in [3.8, 4) is 0 Å². The molecule has 2 heterocycles.